The molecule has 0 aromatic carbocycles. The molecule has 1 spiro atoms. The topological polar surface area (TPSA) is 91.3 Å². The predicted octanol–water partition coefficient (Wildman–Crippen LogP) is 3.30. The van der Waals surface area contributed by atoms with E-state index in [0.29, 0.717) is 26.1 Å². The Bertz CT molecular complexity index is 902. The van der Waals surface area contributed by atoms with Gasteiger partial charge in [-0.2, -0.15) is 0 Å². The molecular weight excluding hydrogens is 424 g/mol. The zero-order chi connectivity index (χ0) is 23.6. The first-order chi connectivity index (χ1) is 15.6. The van der Waals surface area contributed by atoms with Crippen molar-refractivity contribution in [3.63, 3.8) is 0 Å². The van der Waals surface area contributed by atoms with Crippen molar-refractivity contribution in [2.75, 3.05) is 19.8 Å². The zero-order valence-electron chi connectivity index (χ0n) is 20.1. The first-order valence-corrected chi connectivity index (χ1v) is 12.4. The molecule has 0 amide bonds. The van der Waals surface area contributed by atoms with Gasteiger partial charge in [0.25, 0.3) is 0 Å². The maximum atomic E-state index is 13.5. The number of aliphatic hydroxyl groups is 1. The number of hydrogen-bond acceptors (Lipinski definition) is 7. The summed E-state index contributed by atoms with van der Waals surface area (Å²) >= 11 is 0. The third-order valence-electron chi connectivity index (χ3n) is 9.39. The molecule has 1 saturated heterocycles. The number of fused-ring (bicyclic) bond motifs is 6. The van der Waals surface area contributed by atoms with Crippen molar-refractivity contribution in [1.29, 1.82) is 0 Å². The summed E-state index contributed by atoms with van der Waals surface area (Å²) in [4.78, 5) is 25.5. The van der Waals surface area contributed by atoms with Crippen molar-refractivity contribution in [1.82, 2.24) is 0 Å². The van der Waals surface area contributed by atoms with Crippen molar-refractivity contribution >= 4 is 11.6 Å². The van der Waals surface area contributed by atoms with Crippen LogP contribution in [0.4, 0.5) is 0 Å². The number of Topliss-reactive ketones (excluding diaryl/α,β-unsaturated/α-hetero) is 1. The van der Waals surface area contributed by atoms with E-state index in [-0.39, 0.29) is 41.3 Å². The fraction of sp³-hybridized carbons (Fsp3) is 0.769. The summed E-state index contributed by atoms with van der Waals surface area (Å²) in [7, 11) is 0. The zero-order valence-corrected chi connectivity index (χ0v) is 20.1. The molecule has 1 heterocycles. The van der Waals surface area contributed by atoms with Gasteiger partial charge in [-0.3, -0.25) is 19.1 Å². The molecule has 1 N–H and O–H groups in total. The van der Waals surface area contributed by atoms with E-state index < -0.39 is 23.3 Å². The number of rotatable bonds is 4. The van der Waals surface area contributed by atoms with Crippen LogP contribution in [0.3, 0.4) is 0 Å². The summed E-state index contributed by atoms with van der Waals surface area (Å²) in [6.07, 6.45) is 6.66. The van der Waals surface area contributed by atoms with E-state index in [1.54, 1.807) is 12.2 Å². The fourth-order valence-corrected chi connectivity index (χ4v) is 8.05. The van der Waals surface area contributed by atoms with E-state index in [4.69, 9.17) is 18.9 Å². The average Bonchev–Trinajstić information content (AvgIpc) is 3.04. The Morgan fingerprint density at radius 1 is 1.15 bits per heavy atom. The number of hydrogen-bond donors (Lipinski definition) is 1. The summed E-state index contributed by atoms with van der Waals surface area (Å²) in [5, 5.41) is 11.6. The highest BCUT2D eigenvalue weighted by molar-refractivity contribution is 6.01. The van der Waals surface area contributed by atoms with E-state index in [1.165, 1.54) is 0 Å². The molecule has 3 saturated carbocycles. The number of carbonyl (C=O) groups excluding carboxylic acids is 2. The molecule has 0 unspecified atom stereocenters. The third kappa shape index (κ3) is 3.12. The second kappa shape index (κ2) is 7.82. The molecule has 0 radical (unpaired) electrons. The van der Waals surface area contributed by atoms with Crippen molar-refractivity contribution in [2.45, 2.75) is 77.7 Å². The first kappa shape index (κ1) is 23.4. The largest absolute Gasteiger partial charge is 0.414 e. The van der Waals surface area contributed by atoms with Gasteiger partial charge in [0.15, 0.2) is 11.6 Å². The van der Waals surface area contributed by atoms with Crippen LogP contribution in [-0.2, 0) is 28.5 Å². The molecule has 182 valence electrons. The Labute approximate surface area is 195 Å². The molecule has 1 aliphatic heterocycles. The number of allylic oxidation sites excluding steroid dienone is 4. The molecule has 5 rings (SSSR count). The number of ketones is 2. The van der Waals surface area contributed by atoms with Crippen molar-refractivity contribution in [2.24, 2.45) is 28.6 Å². The quantitative estimate of drug-likeness (QED) is 0.644. The Balaban J connectivity index is 1.52. The van der Waals surface area contributed by atoms with Gasteiger partial charge in [-0.1, -0.05) is 25.5 Å². The highest BCUT2D eigenvalue weighted by Crippen LogP contribution is 2.68. The van der Waals surface area contributed by atoms with Gasteiger partial charge >= 0.3 is 6.16 Å². The van der Waals surface area contributed by atoms with Crippen molar-refractivity contribution in [3.05, 3.63) is 23.8 Å². The number of carbonyl (C=O) groups is 2. The van der Waals surface area contributed by atoms with Crippen LogP contribution in [0.2, 0.25) is 0 Å². The third-order valence-corrected chi connectivity index (χ3v) is 9.39. The highest BCUT2D eigenvalue weighted by atomic mass is 17.0. The second-order valence-electron chi connectivity index (χ2n) is 10.8. The molecule has 4 aliphatic carbocycles. The van der Waals surface area contributed by atoms with Gasteiger partial charge in [-0.25, -0.2) is 0 Å². The highest BCUT2D eigenvalue weighted by Gasteiger charge is 2.72. The minimum atomic E-state index is -1.70. The molecule has 7 nitrogen and oxygen atoms in total. The van der Waals surface area contributed by atoms with Crippen molar-refractivity contribution < 1.29 is 33.6 Å². The van der Waals surface area contributed by atoms with E-state index in [0.717, 1.165) is 24.8 Å². The summed E-state index contributed by atoms with van der Waals surface area (Å²) in [5.41, 5.74) is -0.910. The van der Waals surface area contributed by atoms with Gasteiger partial charge in [0, 0.05) is 16.7 Å². The van der Waals surface area contributed by atoms with Crippen LogP contribution in [0.5, 0.6) is 0 Å². The molecule has 0 aromatic rings. The van der Waals surface area contributed by atoms with Crippen LogP contribution in [0, 0.1) is 28.6 Å². The Morgan fingerprint density at radius 3 is 2.58 bits per heavy atom. The molecule has 7 heteroatoms. The van der Waals surface area contributed by atoms with Crippen LogP contribution < -0.4 is 0 Å². The maximum absolute atomic E-state index is 13.5. The summed E-state index contributed by atoms with van der Waals surface area (Å²) in [6, 6.07) is 0. The van der Waals surface area contributed by atoms with Crippen LogP contribution in [0.25, 0.3) is 0 Å². The summed E-state index contributed by atoms with van der Waals surface area (Å²) in [5.74, 6) is 0.372. The lowest BCUT2D eigenvalue weighted by molar-refractivity contribution is -0.529. The average molecular weight is 461 g/mol. The second-order valence-corrected chi connectivity index (χ2v) is 10.8. The Kier molecular flexibility index (Phi) is 5.54. The van der Waals surface area contributed by atoms with Gasteiger partial charge in [0.05, 0.1) is 19.3 Å². The molecule has 33 heavy (non-hydrogen) atoms. The predicted molar refractivity (Wildman–Crippen MR) is 119 cm³/mol. The Hall–Kier alpha value is -1.38. The molecule has 0 aromatic heterocycles. The lowest BCUT2D eigenvalue weighted by atomic mass is 9.46. The van der Waals surface area contributed by atoms with Crippen LogP contribution >= 0.6 is 0 Å². The van der Waals surface area contributed by atoms with Crippen molar-refractivity contribution in [3.8, 4) is 0 Å². The van der Waals surface area contributed by atoms with Crippen LogP contribution in [-0.4, -0.2) is 54.4 Å². The van der Waals surface area contributed by atoms with Gasteiger partial charge in [-0.15, -0.1) is 0 Å². The normalized spacial score (nSPS) is 46.0. The van der Waals surface area contributed by atoms with Crippen LogP contribution in [0.15, 0.2) is 23.8 Å². The standard InChI is InChI=1S/C26H36O7/c1-5-30-26(31-6-2)32-15-21(29)25(33-26)12-10-19-18-8-7-16-13-17(27)9-11-23(16,3)22(18)20(28)14-24(19,25)4/h9,11,13,18-20,22,28H,5-8,10,12,14-15H2,1-4H3/t18-,19-,20-,22+,23-,24-,25-/m0/s1. The molecule has 4 fully saturated rings. The monoisotopic (exact) mass is 460 g/mol. The van der Waals surface area contributed by atoms with E-state index in [2.05, 4.69) is 13.8 Å². The fourth-order valence-electron chi connectivity index (χ4n) is 8.05. The minimum Gasteiger partial charge on any atom is -0.393 e. The molecule has 5 aliphatic rings. The summed E-state index contributed by atoms with van der Waals surface area (Å²) in [6.45, 7) is 8.42. The maximum Gasteiger partial charge on any atom is 0.414 e. The summed E-state index contributed by atoms with van der Waals surface area (Å²) < 4.78 is 23.7. The SMILES string of the molecule is CCOC1(OCC)OCC(=O)[C@]2(CC[C@H]3[C@@H]4CCC5=CC(=O)C=C[C@]5(C)[C@H]4[C@@H](O)C[C@@]32C)O1. The minimum absolute atomic E-state index is 0.00792. The molecular formula is C26H36O7. The smallest absolute Gasteiger partial charge is 0.393 e. The van der Waals surface area contributed by atoms with Gasteiger partial charge < -0.3 is 14.6 Å². The Morgan fingerprint density at radius 2 is 1.88 bits per heavy atom. The van der Waals surface area contributed by atoms with Crippen LogP contribution in [0.1, 0.15) is 59.8 Å². The number of aliphatic hydroxyl groups excluding tert-OH is 1. The van der Waals surface area contributed by atoms with Gasteiger partial charge in [0.1, 0.15) is 12.2 Å². The lowest BCUT2D eigenvalue weighted by Gasteiger charge is -2.61. The number of ether oxygens (including phenoxy) is 4. The molecule has 0 bridgehead atoms. The lowest BCUT2D eigenvalue weighted by Crippen LogP contribution is -2.68. The van der Waals surface area contributed by atoms with Gasteiger partial charge in [-0.05, 0) is 69.9 Å². The van der Waals surface area contributed by atoms with E-state index >= 15 is 0 Å². The van der Waals surface area contributed by atoms with E-state index in [9.17, 15) is 14.7 Å². The van der Waals surface area contributed by atoms with Gasteiger partial charge in [0.2, 0.25) is 0 Å². The first-order valence-electron chi connectivity index (χ1n) is 12.4. The molecule has 7 atom stereocenters. The van der Waals surface area contributed by atoms with E-state index in [1.807, 2.05) is 19.9 Å².